The molecule has 2 amide bonds. The minimum atomic E-state index is -0.223. The molecule has 0 spiro atoms. The van der Waals surface area contributed by atoms with Crippen molar-refractivity contribution in [2.24, 2.45) is 0 Å². The SMILES string of the molecule is Cc1ccc(NC(=O)CN(C)C(=O)c2ccc3[nH]c(C)c(C)c3c2)cc1. The molecule has 1 aromatic heterocycles. The van der Waals surface area contributed by atoms with Crippen molar-refractivity contribution >= 4 is 28.4 Å². The first-order chi connectivity index (χ1) is 12.3. The summed E-state index contributed by atoms with van der Waals surface area (Å²) in [6.07, 6.45) is 0. The van der Waals surface area contributed by atoms with Crippen LogP contribution in [0, 0.1) is 20.8 Å². The van der Waals surface area contributed by atoms with Crippen LogP contribution in [0.15, 0.2) is 42.5 Å². The number of benzene rings is 2. The van der Waals surface area contributed by atoms with Crippen molar-refractivity contribution in [3.63, 3.8) is 0 Å². The van der Waals surface area contributed by atoms with Gasteiger partial charge in [-0.05, 0) is 56.7 Å². The summed E-state index contributed by atoms with van der Waals surface area (Å²) in [4.78, 5) is 29.6. The highest BCUT2D eigenvalue weighted by Crippen LogP contribution is 2.23. The molecule has 0 aliphatic heterocycles. The fourth-order valence-corrected chi connectivity index (χ4v) is 2.94. The molecule has 0 fully saturated rings. The maximum Gasteiger partial charge on any atom is 0.254 e. The van der Waals surface area contributed by atoms with Gasteiger partial charge in [-0.1, -0.05) is 17.7 Å². The van der Waals surface area contributed by atoms with Gasteiger partial charge >= 0.3 is 0 Å². The quantitative estimate of drug-likeness (QED) is 0.752. The molecule has 0 saturated carbocycles. The van der Waals surface area contributed by atoms with E-state index < -0.39 is 0 Å². The van der Waals surface area contributed by atoms with Gasteiger partial charge in [-0.2, -0.15) is 0 Å². The van der Waals surface area contributed by atoms with Gasteiger partial charge in [0.15, 0.2) is 0 Å². The number of amides is 2. The number of H-pyrrole nitrogens is 1. The fourth-order valence-electron chi connectivity index (χ4n) is 2.94. The van der Waals surface area contributed by atoms with Gasteiger partial charge in [0, 0.05) is 34.9 Å². The minimum Gasteiger partial charge on any atom is -0.358 e. The number of carbonyl (C=O) groups excluding carboxylic acids is 2. The van der Waals surface area contributed by atoms with E-state index in [-0.39, 0.29) is 18.4 Å². The largest absolute Gasteiger partial charge is 0.358 e. The summed E-state index contributed by atoms with van der Waals surface area (Å²) in [7, 11) is 1.64. The summed E-state index contributed by atoms with van der Waals surface area (Å²) in [5, 5.41) is 3.84. The van der Waals surface area contributed by atoms with Gasteiger partial charge in [-0.15, -0.1) is 0 Å². The lowest BCUT2D eigenvalue weighted by atomic mass is 10.1. The van der Waals surface area contributed by atoms with Crippen molar-refractivity contribution in [3.8, 4) is 0 Å². The summed E-state index contributed by atoms with van der Waals surface area (Å²) >= 11 is 0. The molecule has 26 heavy (non-hydrogen) atoms. The molecular formula is C21H23N3O2. The van der Waals surface area contributed by atoms with Crippen LogP contribution >= 0.6 is 0 Å². The van der Waals surface area contributed by atoms with Crippen molar-refractivity contribution in [1.29, 1.82) is 0 Å². The molecule has 0 radical (unpaired) electrons. The van der Waals surface area contributed by atoms with E-state index in [1.54, 1.807) is 13.1 Å². The lowest BCUT2D eigenvalue weighted by molar-refractivity contribution is -0.116. The average Bonchev–Trinajstić information content (AvgIpc) is 2.90. The number of rotatable bonds is 4. The van der Waals surface area contributed by atoms with Crippen molar-refractivity contribution in [1.82, 2.24) is 9.88 Å². The predicted molar refractivity (Wildman–Crippen MR) is 105 cm³/mol. The predicted octanol–water partition coefficient (Wildman–Crippen LogP) is 3.80. The molecule has 0 aliphatic rings. The normalized spacial score (nSPS) is 10.8. The van der Waals surface area contributed by atoms with Crippen molar-refractivity contribution in [2.75, 3.05) is 18.9 Å². The number of carbonyl (C=O) groups is 2. The molecular weight excluding hydrogens is 326 g/mol. The van der Waals surface area contributed by atoms with Gasteiger partial charge in [-0.25, -0.2) is 0 Å². The van der Waals surface area contributed by atoms with Crippen LogP contribution in [-0.2, 0) is 4.79 Å². The van der Waals surface area contributed by atoms with E-state index in [9.17, 15) is 9.59 Å². The van der Waals surface area contributed by atoms with Crippen molar-refractivity contribution in [2.45, 2.75) is 20.8 Å². The van der Waals surface area contributed by atoms with Gasteiger partial charge in [0.05, 0.1) is 6.54 Å². The van der Waals surface area contributed by atoms with Crippen LogP contribution in [0.25, 0.3) is 10.9 Å². The molecule has 5 nitrogen and oxygen atoms in total. The Morgan fingerprint density at radius 3 is 2.42 bits per heavy atom. The monoisotopic (exact) mass is 349 g/mol. The first kappa shape index (κ1) is 17.7. The topological polar surface area (TPSA) is 65.2 Å². The molecule has 3 aromatic rings. The Kier molecular flexibility index (Phi) is 4.80. The third-order valence-electron chi connectivity index (χ3n) is 4.62. The molecule has 0 bridgehead atoms. The molecule has 0 saturated heterocycles. The average molecular weight is 349 g/mol. The van der Waals surface area contributed by atoms with Crippen LogP contribution in [0.2, 0.25) is 0 Å². The highest BCUT2D eigenvalue weighted by atomic mass is 16.2. The zero-order chi connectivity index (χ0) is 18.8. The molecule has 1 heterocycles. The molecule has 5 heteroatoms. The lowest BCUT2D eigenvalue weighted by Gasteiger charge is -2.17. The van der Waals surface area contributed by atoms with Gasteiger partial charge in [-0.3, -0.25) is 9.59 Å². The van der Waals surface area contributed by atoms with E-state index in [0.29, 0.717) is 5.56 Å². The van der Waals surface area contributed by atoms with E-state index >= 15 is 0 Å². The minimum absolute atomic E-state index is 0.00407. The highest BCUT2D eigenvalue weighted by molar-refractivity contribution is 6.01. The Bertz CT molecular complexity index is 971. The highest BCUT2D eigenvalue weighted by Gasteiger charge is 2.16. The molecule has 2 aromatic carbocycles. The number of likely N-dealkylation sites (N-methyl/N-ethyl adjacent to an activating group) is 1. The molecule has 134 valence electrons. The van der Waals surface area contributed by atoms with Gasteiger partial charge in [0.25, 0.3) is 5.91 Å². The number of nitrogens with one attached hydrogen (secondary N) is 2. The van der Waals surface area contributed by atoms with Gasteiger partial charge in [0.2, 0.25) is 5.91 Å². The summed E-state index contributed by atoms with van der Waals surface area (Å²) in [6, 6.07) is 13.1. The van der Waals surface area contributed by atoms with E-state index in [1.807, 2.05) is 57.2 Å². The smallest absolute Gasteiger partial charge is 0.254 e. The second-order valence-corrected chi connectivity index (χ2v) is 6.71. The fraction of sp³-hybridized carbons (Fsp3) is 0.238. The Balaban J connectivity index is 1.70. The molecule has 0 atom stereocenters. The number of nitrogens with zero attached hydrogens (tertiary/aromatic N) is 1. The maximum atomic E-state index is 12.7. The van der Waals surface area contributed by atoms with Crippen LogP contribution in [0.4, 0.5) is 5.69 Å². The summed E-state index contributed by atoms with van der Waals surface area (Å²) in [5.74, 6) is -0.399. The summed E-state index contributed by atoms with van der Waals surface area (Å²) < 4.78 is 0. The number of fused-ring (bicyclic) bond motifs is 1. The Hall–Kier alpha value is -3.08. The van der Waals surface area contributed by atoms with Crippen LogP contribution in [-0.4, -0.2) is 35.3 Å². The van der Waals surface area contributed by atoms with E-state index in [4.69, 9.17) is 0 Å². The maximum absolute atomic E-state index is 12.7. The van der Waals surface area contributed by atoms with Crippen molar-refractivity contribution < 1.29 is 9.59 Å². The Morgan fingerprint density at radius 2 is 1.73 bits per heavy atom. The van der Waals surface area contributed by atoms with Crippen LogP contribution < -0.4 is 5.32 Å². The van der Waals surface area contributed by atoms with Gasteiger partial charge in [0.1, 0.15) is 0 Å². The number of anilines is 1. The Labute approximate surface area is 153 Å². The first-order valence-corrected chi connectivity index (χ1v) is 8.56. The zero-order valence-electron chi connectivity index (χ0n) is 15.5. The van der Waals surface area contributed by atoms with Crippen LogP contribution in [0.1, 0.15) is 27.2 Å². The number of aryl methyl sites for hydroxylation is 3. The molecule has 2 N–H and O–H groups in total. The zero-order valence-corrected chi connectivity index (χ0v) is 15.5. The van der Waals surface area contributed by atoms with Crippen molar-refractivity contribution in [3.05, 3.63) is 64.8 Å². The summed E-state index contributed by atoms with van der Waals surface area (Å²) in [6.45, 7) is 6.03. The van der Waals surface area contributed by atoms with Gasteiger partial charge < -0.3 is 15.2 Å². The number of hydrogen-bond acceptors (Lipinski definition) is 2. The number of hydrogen-bond donors (Lipinski definition) is 2. The number of aromatic amines is 1. The second-order valence-electron chi connectivity index (χ2n) is 6.71. The van der Waals surface area contributed by atoms with E-state index in [1.165, 1.54) is 4.90 Å². The molecule has 0 aliphatic carbocycles. The third kappa shape index (κ3) is 3.61. The molecule has 3 rings (SSSR count). The standard InChI is InChI=1S/C21H23N3O2/c1-13-5-8-17(9-6-13)23-20(25)12-24(4)21(26)16-7-10-19-18(11-16)14(2)15(3)22-19/h5-11,22H,12H2,1-4H3,(H,23,25). The van der Waals surface area contributed by atoms with Crippen LogP contribution in [0.5, 0.6) is 0 Å². The Morgan fingerprint density at radius 1 is 1.04 bits per heavy atom. The molecule has 0 unspecified atom stereocenters. The summed E-state index contributed by atoms with van der Waals surface area (Å²) in [5.41, 5.74) is 5.66. The lowest BCUT2D eigenvalue weighted by Crippen LogP contribution is -2.34. The second kappa shape index (κ2) is 7.04. The third-order valence-corrected chi connectivity index (χ3v) is 4.62. The van der Waals surface area contributed by atoms with Crippen LogP contribution in [0.3, 0.4) is 0 Å². The van der Waals surface area contributed by atoms with E-state index in [2.05, 4.69) is 10.3 Å². The number of aromatic nitrogens is 1. The van der Waals surface area contributed by atoms with E-state index in [0.717, 1.165) is 33.4 Å². The first-order valence-electron chi connectivity index (χ1n) is 8.56.